The molecule has 3 aromatic heterocycles. The van der Waals surface area contributed by atoms with Gasteiger partial charge in [0.1, 0.15) is 0 Å². The maximum Gasteiger partial charge on any atom is 0.0794 e. The molecule has 3 nitrogen and oxygen atoms in total. The number of rotatable bonds is 3. The summed E-state index contributed by atoms with van der Waals surface area (Å²) in [5.74, 6) is 1.91. The van der Waals surface area contributed by atoms with Crippen molar-refractivity contribution in [1.82, 2.24) is 15.0 Å². The highest BCUT2D eigenvalue weighted by Gasteiger charge is 1.97. The van der Waals surface area contributed by atoms with Crippen LogP contribution in [0.5, 0.6) is 0 Å². The van der Waals surface area contributed by atoms with Crippen LogP contribution in [0.1, 0.15) is 117 Å². The van der Waals surface area contributed by atoms with Crippen LogP contribution in [0.3, 0.4) is 0 Å². The second-order valence-corrected chi connectivity index (χ2v) is 7.71. The summed E-state index contributed by atoms with van der Waals surface area (Å²) in [5, 5.41) is 0. The summed E-state index contributed by atoms with van der Waals surface area (Å²) in [6, 6.07) is 6.19. The predicted molar refractivity (Wildman–Crippen MR) is 143 cm³/mol. The second kappa shape index (κ2) is 24.3. The van der Waals surface area contributed by atoms with Gasteiger partial charge in [0, 0.05) is 35.9 Å². The van der Waals surface area contributed by atoms with Gasteiger partial charge in [-0.2, -0.15) is 0 Å². The average Bonchev–Trinajstić information content (AvgIpc) is 3.54. The smallest absolute Gasteiger partial charge is 0.0794 e. The minimum absolute atomic E-state index is 0.619. The van der Waals surface area contributed by atoms with Crippen LogP contribution in [0.15, 0.2) is 54.7 Å². The molecule has 0 saturated carbocycles. The lowest BCUT2D eigenvalue weighted by Gasteiger charge is -2.01. The fourth-order valence-electron chi connectivity index (χ4n) is 1.96. The van der Waals surface area contributed by atoms with Gasteiger partial charge in [-0.3, -0.25) is 9.97 Å². The number of H-pyrrole nitrogens is 1. The Kier molecular flexibility index (Phi) is 26.4. The summed E-state index contributed by atoms with van der Waals surface area (Å²) in [6.07, 6.45) is 9.57. The van der Waals surface area contributed by atoms with E-state index in [9.17, 15) is 0 Å². The molecular formula is C27H49N3S. The van der Waals surface area contributed by atoms with Crippen LogP contribution < -0.4 is 0 Å². The number of aromatic nitrogens is 3. The summed E-state index contributed by atoms with van der Waals surface area (Å²) in [5.41, 5.74) is 4.60. The largest absolute Gasteiger partial charge is 0.367 e. The van der Waals surface area contributed by atoms with E-state index in [2.05, 4.69) is 62.6 Å². The van der Waals surface area contributed by atoms with Crippen LogP contribution in [-0.2, 0) is 0 Å². The highest BCUT2D eigenvalue weighted by atomic mass is 32.1. The molecule has 0 aliphatic carbocycles. The zero-order valence-corrected chi connectivity index (χ0v) is 23.0. The standard InChI is InChI=1S/C8H11N.C7H11N.C6H9NS.3C2H6/c1-7(2)8-3-5-9-6-4-8;1-6(2)7-3-4-8-5-7;1-5(2)6-3-7-4-8-6;3*1-2/h3-7H,1-2H3;3-6,8H,1-2H3;3-5H,1-2H3;3*1-2H3. The van der Waals surface area contributed by atoms with E-state index >= 15 is 0 Å². The summed E-state index contributed by atoms with van der Waals surface area (Å²) >= 11 is 1.72. The Bertz CT molecular complexity index is 605. The molecular weight excluding hydrogens is 398 g/mol. The van der Waals surface area contributed by atoms with Crippen molar-refractivity contribution in [2.75, 3.05) is 0 Å². The first-order valence-electron chi connectivity index (χ1n) is 11.8. The van der Waals surface area contributed by atoms with E-state index in [4.69, 9.17) is 0 Å². The molecule has 31 heavy (non-hydrogen) atoms. The molecule has 0 spiro atoms. The van der Waals surface area contributed by atoms with Crippen LogP contribution in [-0.4, -0.2) is 15.0 Å². The molecule has 0 aliphatic heterocycles. The third kappa shape index (κ3) is 18.5. The Morgan fingerprint density at radius 3 is 1.42 bits per heavy atom. The normalized spacial score (nSPS) is 8.87. The maximum absolute atomic E-state index is 3.96. The van der Waals surface area contributed by atoms with E-state index in [-0.39, 0.29) is 0 Å². The van der Waals surface area contributed by atoms with Gasteiger partial charge in [-0.25, -0.2) is 0 Å². The highest BCUT2D eigenvalue weighted by Crippen LogP contribution is 2.17. The first kappa shape index (κ1) is 33.7. The Labute approximate surface area is 197 Å². The van der Waals surface area contributed by atoms with Crippen molar-refractivity contribution < 1.29 is 0 Å². The maximum atomic E-state index is 3.96. The van der Waals surface area contributed by atoms with Crippen molar-refractivity contribution in [2.45, 2.75) is 101 Å². The van der Waals surface area contributed by atoms with Gasteiger partial charge in [0.2, 0.25) is 0 Å². The molecule has 4 heteroatoms. The molecule has 0 atom stereocenters. The number of thiazole rings is 1. The minimum atomic E-state index is 0.619. The lowest BCUT2D eigenvalue weighted by molar-refractivity contribution is 0.863. The summed E-state index contributed by atoms with van der Waals surface area (Å²) in [6.45, 7) is 25.1. The summed E-state index contributed by atoms with van der Waals surface area (Å²) in [4.78, 5) is 12.3. The van der Waals surface area contributed by atoms with E-state index in [1.54, 1.807) is 11.3 Å². The number of aromatic amines is 1. The molecule has 0 radical (unpaired) electrons. The van der Waals surface area contributed by atoms with Gasteiger partial charge in [-0.1, -0.05) is 83.1 Å². The third-order valence-electron chi connectivity index (χ3n) is 3.68. The molecule has 0 saturated heterocycles. The zero-order valence-electron chi connectivity index (χ0n) is 22.2. The van der Waals surface area contributed by atoms with Crippen molar-refractivity contribution in [2.24, 2.45) is 0 Å². The first-order chi connectivity index (χ1) is 14.9. The average molecular weight is 448 g/mol. The van der Waals surface area contributed by atoms with E-state index in [0.717, 1.165) is 0 Å². The molecule has 0 fully saturated rings. The zero-order chi connectivity index (χ0) is 24.7. The van der Waals surface area contributed by atoms with Crippen molar-refractivity contribution in [3.63, 3.8) is 0 Å². The number of nitrogens with zero attached hydrogens (tertiary/aromatic N) is 2. The van der Waals surface area contributed by atoms with Crippen LogP contribution in [0.4, 0.5) is 0 Å². The molecule has 178 valence electrons. The quantitative estimate of drug-likeness (QED) is 0.434. The van der Waals surface area contributed by atoms with E-state index in [0.29, 0.717) is 17.8 Å². The highest BCUT2D eigenvalue weighted by molar-refractivity contribution is 7.09. The van der Waals surface area contributed by atoms with Gasteiger partial charge < -0.3 is 4.98 Å². The van der Waals surface area contributed by atoms with Crippen molar-refractivity contribution >= 4 is 11.3 Å². The van der Waals surface area contributed by atoms with Crippen molar-refractivity contribution in [3.8, 4) is 0 Å². The van der Waals surface area contributed by atoms with Gasteiger partial charge in [-0.15, -0.1) is 11.3 Å². The Hall–Kier alpha value is -1.94. The second-order valence-electron chi connectivity index (χ2n) is 6.79. The lowest BCUT2D eigenvalue weighted by Crippen LogP contribution is -1.85. The van der Waals surface area contributed by atoms with Gasteiger partial charge in [-0.05, 0) is 47.1 Å². The van der Waals surface area contributed by atoms with Crippen molar-refractivity contribution in [3.05, 3.63) is 70.7 Å². The molecule has 0 aromatic carbocycles. The molecule has 0 amide bonds. The van der Waals surface area contributed by atoms with Crippen LogP contribution in [0.25, 0.3) is 0 Å². The molecule has 0 bridgehead atoms. The monoisotopic (exact) mass is 447 g/mol. The number of nitrogens with one attached hydrogen (secondary N) is 1. The molecule has 3 rings (SSSR count). The number of hydrogen-bond donors (Lipinski definition) is 1. The van der Waals surface area contributed by atoms with Gasteiger partial charge in [0.05, 0.1) is 5.51 Å². The molecule has 3 aromatic rings. The summed E-state index contributed by atoms with van der Waals surface area (Å²) in [7, 11) is 0. The van der Waals surface area contributed by atoms with E-state index in [1.807, 2.05) is 90.2 Å². The van der Waals surface area contributed by atoms with Gasteiger partial charge in [0.25, 0.3) is 0 Å². The number of hydrogen-bond acceptors (Lipinski definition) is 3. The Morgan fingerprint density at radius 1 is 0.677 bits per heavy atom. The summed E-state index contributed by atoms with van der Waals surface area (Å²) < 4.78 is 0. The molecule has 3 heterocycles. The van der Waals surface area contributed by atoms with Crippen LogP contribution in [0.2, 0.25) is 0 Å². The first-order valence-corrected chi connectivity index (χ1v) is 12.7. The minimum Gasteiger partial charge on any atom is -0.367 e. The fourth-order valence-corrected chi connectivity index (χ4v) is 2.59. The van der Waals surface area contributed by atoms with E-state index < -0.39 is 0 Å². The SMILES string of the molecule is CC.CC.CC.CC(C)c1cc[nH]c1.CC(C)c1ccncc1.CC(C)c1cncs1. The van der Waals surface area contributed by atoms with Crippen molar-refractivity contribution in [1.29, 1.82) is 0 Å². The Morgan fingerprint density at radius 2 is 1.19 bits per heavy atom. The van der Waals surface area contributed by atoms with E-state index in [1.165, 1.54) is 16.0 Å². The van der Waals surface area contributed by atoms with Gasteiger partial charge in [0.15, 0.2) is 0 Å². The van der Waals surface area contributed by atoms with Crippen LogP contribution >= 0.6 is 11.3 Å². The molecule has 1 N–H and O–H groups in total. The number of pyridine rings is 1. The molecule has 0 aliphatic rings. The third-order valence-corrected chi connectivity index (χ3v) is 4.76. The molecule has 0 unspecified atom stereocenters. The lowest BCUT2D eigenvalue weighted by atomic mass is 10.1. The fraction of sp³-hybridized carbons (Fsp3) is 0.556. The van der Waals surface area contributed by atoms with Gasteiger partial charge >= 0.3 is 0 Å². The topological polar surface area (TPSA) is 41.6 Å². The van der Waals surface area contributed by atoms with Crippen LogP contribution in [0, 0.1) is 0 Å². The Balaban J connectivity index is -0.000000338. The predicted octanol–water partition coefficient (Wildman–Crippen LogP) is 9.69.